The van der Waals surface area contributed by atoms with Crippen molar-refractivity contribution in [1.82, 2.24) is 10.3 Å². The third-order valence-corrected chi connectivity index (χ3v) is 3.91. The molecule has 17 heavy (non-hydrogen) atoms. The fraction of sp³-hybridized carbons (Fsp3) is 0.769. The molecule has 1 heterocycles. The van der Waals surface area contributed by atoms with E-state index in [2.05, 4.69) is 10.3 Å². The quantitative estimate of drug-likeness (QED) is 0.821. The molecule has 2 fully saturated rings. The van der Waals surface area contributed by atoms with Gasteiger partial charge in [-0.25, -0.2) is 4.98 Å². The third-order valence-electron chi connectivity index (χ3n) is 3.91. The third kappa shape index (κ3) is 2.53. The van der Waals surface area contributed by atoms with Crippen LogP contribution in [0.25, 0.3) is 0 Å². The molecule has 94 valence electrons. The SMILES string of the molecule is COC1(Cc2cnc(CNC3CC3)o2)CCC1. The van der Waals surface area contributed by atoms with Crippen LogP contribution in [0.2, 0.25) is 0 Å². The summed E-state index contributed by atoms with van der Waals surface area (Å²) in [6.45, 7) is 0.755. The molecular formula is C13H20N2O2. The second-order valence-corrected chi connectivity index (χ2v) is 5.29. The highest BCUT2D eigenvalue weighted by Gasteiger charge is 2.38. The van der Waals surface area contributed by atoms with Crippen molar-refractivity contribution in [3.63, 3.8) is 0 Å². The van der Waals surface area contributed by atoms with Gasteiger partial charge in [0.2, 0.25) is 5.89 Å². The highest BCUT2D eigenvalue weighted by atomic mass is 16.5. The molecule has 1 aromatic rings. The highest BCUT2D eigenvalue weighted by molar-refractivity contribution is 5.04. The van der Waals surface area contributed by atoms with Crippen LogP contribution in [0, 0.1) is 0 Å². The number of nitrogens with one attached hydrogen (secondary N) is 1. The zero-order chi connectivity index (χ0) is 11.7. The van der Waals surface area contributed by atoms with Gasteiger partial charge in [-0.3, -0.25) is 0 Å². The molecule has 0 aliphatic heterocycles. The van der Waals surface area contributed by atoms with Crippen molar-refractivity contribution in [2.45, 2.75) is 56.7 Å². The molecule has 2 aliphatic carbocycles. The molecule has 4 nitrogen and oxygen atoms in total. The smallest absolute Gasteiger partial charge is 0.208 e. The maximum Gasteiger partial charge on any atom is 0.208 e. The summed E-state index contributed by atoms with van der Waals surface area (Å²) in [4.78, 5) is 4.31. The lowest BCUT2D eigenvalue weighted by atomic mass is 9.77. The minimum atomic E-state index is 0.0285. The molecule has 3 rings (SSSR count). The Balaban J connectivity index is 1.55. The summed E-state index contributed by atoms with van der Waals surface area (Å²) < 4.78 is 11.3. The van der Waals surface area contributed by atoms with Gasteiger partial charge in [0.15, 0.2) is 0 Å². The number of hydrogen-bond donors (Lipinski definition) is 1. The number of aromatic nitrogens is 1. The number of methoxy groups -OCH3 is 1. The van der Waals surface area contributed by atoms with E-state index in [1.54, 1.807) is 7.11 Å². The second kappa shape index (κ2) is 4.42. The average Bonchev–Trinajstić information content (AvgIpc) is 3.01. The Morgan fingerprint density at radius 3 is 2.94 bits per heavy atom. The summed E-state index contributed by atoms with van der Waals surface area (Å²) >= 11 is 0. The van der Waals surface area contributed by atoms with E-state index in [4.69, 9.17) is 9.15 Å². The van der Waals surface area contributed by atoms with Crippen molar-refractivity contribution in [1.29, 1.82) is 0 Å². The molecule has 1 N–H and O–H groups in total. The van der Waals surface area contributed by atoms with Crippen LogP contribution >= 0.6 is 0 Å². The minimum absolute atomic E-state index is 0.0285. The van der Waals surface area contributed by atoms with Gasteiger partial charge in [-0.2, -0.15) is 0 Å². The number of ether oxygens (including phenoxy) is 1. The van der Waals surface area contributed by atoms with Crippen LogP contribution in [0.1, 0.15) is 43.8 Å². The van der Waals surface area contributed by atoms with Gasteiger partial charge in [0.25, 0.3) is 0 Å². The summed E-state index contributed by atoms with van der Waals surface area (Å²) in [5.41, 5.74) is 0.0285. The summed E-state index contributed by atoms with van der Waals surface area (Å²) in [5.74, 6) is 1.76. The van der Waals surface area contributed by atoms with Crippen LogP contribution in [-0.4, -0.2) is 23.7 Å². The summed E-state index contributed by atoms with van der Waals surface area (Å²) in [7, 11) is 1.80. The van der Waals surface area contributed by atoms with Crippen molar-refractivity contribution in [2.24, 2.45) is 0 Å². The van der Waals surface area contributed by atoms with Crippen LogP contribution in [0.3, 0.4) is 0 Å². The molecule has 0 atom stereocenters. The summed E-state index contributed by atoms with van der Waals surface area (Å²) in [6.07, 6.45) is 8.83. The van der Waals surface area contributed by atoms with E-state index in [1.807, 2.05) is 6.20 Å². The van der Waals surface area contributed by atoms with E-state index < -0.39 is 0 Å². The van der Waals surface area contributed by atoms with Gasteiger partial charge in [-0.05, 0) is 32.1 Å². The van der Waals surface area contributed by atoms with Crippen molar-refractivity contribution in [3.05, 3.63) is 17.8 Å². The van der Waals surface area contributed by atoms with Crippen LogP contribution < -0.4 is 5.32 Å². The number of nitrogens with zero attached hydrogens (tertiary/aromatic N) is 1. The monoisotopic (exact) mass is 236 g/mol. The molecule has 1 aromatic heterocycles. The molecule has 0 bridgehead atoms. The van der Waals surface area contributed by atoms with Gasteiger partial charge in [0.1, 0.15) is 5.76 Å². The van der Waals surface area contributed by atoms with Crippen LogP contribution in [0.15, 0.2) is 10.6 Å². The molecule has 4 heteroatoms. The number of oxazole rings is 1. The second-order valence-electron chi connectivity index (χ2n) is 5.29. The van der Waals surface area contributed by atoms with E-state index in [0.29, 0.717) is 6.04 Å². The van der Waals surface area contributed by atoms with Gasteiger partial charge in [0.05, 0.1) is 18.3 Å². The average molecular weight is 236 g/mol. The van der Waals surface area contributed by atoms with Crippen LogP contribution in [0.5, 0.6) is 0 Å². The topological polar surface area (TPSA) is 47.3 Å². The molecule has 0 saturated heterocycles. The standard InChI is InChI=1S/C13H20N2O2/c1-16-13(5-2-6-13)7-11-8-15-12(17-11)9-14-10-3-4-10/h8,10,14H,2-7,9H2,1H3. The first-order valence-corrected chi connectivity index (χ1v) is 6.52. The van der Waals surface area contributed by atoms with Crippen molar-refractivity contribution in [3.8, 4) is 0 Å². The van der Waals surface area contributed by atoms with E-state index in [1.165, 1.54) is 19.3 Å². The van der Waals surface area contributed by atoms with E-state index >= 15 is 0 Å². The normalized spacial score (nSPS) is 22.4. The zero-order valence-electron chi connectivity index (χ0n) is 10.4. The van der Waals surface area contributed by atoms with Gasteiger partial charge in [-0.15, -0.1) is 0 Å². The molecule has 2 saturated carbocycles. The lowest BCUT2D eigenvalue weighted by molar-refractivity contribution is -0.0738. The highest BCUT2D eigenvalue weighted by Crippen LogP contribution is 2.38. The van der Waals surface area contributed by atoms with Crippen molar-refractivity contribution in [2.75, 3.05) is 7.11 Å². The van der Waals surface area contributed by atoms with Gasteiger partial charge < -0.3 is 14.5 Å². The number of rotatable bonds is 6. The van der Waals surface area contributed by atoms with E-state index in [-0.39, 0.29) is 5.60 Å². The first-order chi connectivity index (χ1) is 8.30. The molecule has 0 radical (unpaired) electrons. The molecule has 0 unspecified atom stereocenters. The molecule has 0 spiro atoms. The Kier molecular flexibility index (Phi) is 2.92. The van der Waals surface area contributed by atoms with Crippen molar-refractivity contribution < 1.29 is 9.15 Å². The predicted octanol–water partition coefficient (Wildman–Crippen LogP) is 2.04. The molecule has 0 aromatic carbocycles. The Morgan fingerprint density at radius 1 is 1.53 bits per heavy atom. The maximum absolute atomic E-state index is 5.74. The van der Waals surface area contributed by atoms with Crippen LogP contribution in [0.4, 0.5) is 0 Å². The van der Waals surface area contributed by atoms with Gasteiger partial charge in [0, 0.05) is 19.6 Å². The summed E-state index contributed by atoms with van der Waals surface area (Å²) in [5, 5.41) is 3.40. The Morgan fingerprint density at radius 2 is 2.35 bits per heavy atom. The predicted molar refractivity (Wildman–Crippen MR) is 63.7 cm³/mol. The number of hydrogen-bond acceptors (Lipinski definition) is 4. The summed E-state index contributed by atoms with van der Waals surface area (Å²) in [6, 6.07) is 0.697. The lowest BCUT2D eigenvalue weighted by Crippen LogP contribution is -2.41. The Hall–Kier alpha value is -0.870. The van der Waals surface area contributed by atoms with Gasteiger partial charge in [-0.1, -0.05) is 0 Å². The van der Waals surface area contributed by atoms with E-state index in [9.17, 15) is 0 Å². The van der Waals surface area contributed by atoms with E-state index in [0.717, 1.165) is 37.5 Å². The minimum Gasteiger partial charge on any atom is -0.444 e. The Bertz CT molecular complexity index is 375. The molecule has 2 aliphatic rings. The fourth-order valence-corrected chi connectivity index (χ4v) is 2.37. The largest absolute Gasteiger partial charge is 0.444 e. The molecular weight excluding hydrogens is 216 g/mol. The maximum atomic E-state index is 5.74. The lowest BCUT2D eigenvalue weighted by Gasteiger charge is -2.39. The first kappa shape index (κ1) is 11.2. The van der Waals surface area contributed by atoms with Crippen LogP contribution in [-0.2, 0) is 17.7 Å². The Labute approximate surface area is 102 Å². The first-order valence-electron chi connectivity index (χ1n) is 6.52. The van der Waals surface area contributed by atoms with Gasteiger partial charge >= 0.3 is 0 Å². The van der Waals surface area contributed by atoms with Crippen molar-refractivity contribution >= 4 is 0 Å². The fourth-order valence-electron chi connectivity index (χ4n) is 2.37. The zero-order valence-corrected chi connectivity index (χ0v) is 10.4. The molecule has 0 amide bonds.